The van der Waals surface area contributed by atoms with Gasteiger partial charge in [0.25, 0.3) is 5.56 Å². The first-order chi connectivity index (χ1) is 14.0. The van der Waals surface area contributed by atoms with E-state index >= 15 is 0 Å². The van der Waals surface area contributed by atoms with E-state index < -0.39 is 0 Å². The summed E-state index contributed by atoms with van der Waals surface area (Å²) in [5.41, 5.74) is 3.02. The second-order valence-electron chi connectivity index (χ2n) is 7.75. The molecule has 0 saturated carbocycles. The molecule has 0 spiro atoms. The number of aromatic nitrogens is 3. The number of hydrogen-bond acceptors (Lipinski definition) is 4. The third-order valence-corrected chi connectivity index (χ3v) is 5.38. The van der Waals surface area contributed by atoms with Gasteiger partial charge in [0.15, 0.2) is 5.78 Å². The normalized spacial score (nSPS) is 16.3. The molecule has 1 aromatic carbocycles. The van der Waals surface area contributed by atoms with Gasteiger partial charge in [-0.3, -0.25) is 9.59 Å². The molecule has 1 atom stereocenters. The van der Waals surface area contributed by atoms with Crippen LogP contribution in [0.3, 0.4) is 0 Å². The first kappa shape index (κ1) is 19.3. The molecule has 0 radical (unpaired) electrons. The summed E-state index contributed by atoms with van der Waals surface area (Å²) in [6.45, 7) is 3.76. The van der Waals surface area contributed by atoms with Crippen molar-refractivity contribution in [3.63, 3.8) is 0 Å². The zero-order valence-corrected chi connectivity index (χ0v) is 16.8. The monoisotopic (exact) mass is 391 g/mol. The summed E-state index contributed by atoms with van der Waals surface area (Å²) in [5, 5.41) is 0. The molecule has 0 aliphatic carbocycles. The molecule has 150 valence electrons. The molecular weight excluding hydrogens is 366 g/mol. The van der Waals surface area contributed by atoms with Crippen molar-refractivity contribution in [3.05, 3.63) is 76.0 Å². The van der Waals surface area contributed by atoms with Crippen LogP contribution in [0.15, 0.2) is 53.6 Å². The largest absolute Gasteiger partial charge is 0.381 e. The van der Waals surface area contributed by atoms with Crippen LogP contribution in [0, 0.1) is 12.8 Å². The smallest absolute Gasteiger partial charge is 0.253 e. The van der Waals surface area contributed by atoms with Gasteiger partial charge in [0.2, 0.25) is 0 Å². The highest BCUT2D eigenvalue weighted by atomic mass is 16.5. The van der Waals surface area contributed by atoms with E-state index in [1.807, 2.05) is 47.2 Å². The van der Waals surface area contributed by atoms with Crippen LogP contribution in [0.1, 0.15) is 34.5 Å². The second-order valence-corrected chi connectivity index (χ2v) is 7.75. The number of ketones is 1. The number of ether oxygens (including phenoxy) is 1. The van der Waals surface area contributed by atoms with Crippen LogP contribution in [0.2, 0.25) is 0 Å². The summed E-state index contributed by atoms with van der Waals surface area (Å²) < 4.78 is 8.95. The Kier molecular flexibility index (Phi) is 5.45. The third-order valence-electron chi connectivity index (χ3n) is 5.38. The average molecular weight is 391 g/mol. The van der Waals surface area contributed by atoms with Crippen LogP contribution < -0.4 is 5.56 Å². The lowest BCUT2D eigenvalue weighted by atomic mass is 10.0. The fraction of sp³-hybridized carbons (Fsp3) is 0.348. The molecule has 29 heavy (non-hydrogen) atoms. The summed E-state index contributed by atoms with van der Waals surface area (Å²) in [7, 11) is 1.73. The molecule has 1 unspecified atom stereocenters. The fourth-order valence-corrected chi connectivity index (χ4v) is 3.79. The Bertz CT molecular complexity index is 1050. The zero-order valence-electron chi connectivity index (χ0n) is 16.8. The number of hydrogen-bond donors (Lipinski definition) is 0. The van der Waals surface area contributed by atoms with Crippen molar-refractivity contribution in [2.75, 3.05) is 13.2 Å². The van der Waals surface area contributed by atoms with E-state index in [1.54, 1.807) is 24.7 Å². The molecule has 1 saturated heterocycles. The number of imidazole rings is 1. The Morgan fingerprint density at radius 2 is 2.03 bits per heavy atom. The standard InChI is InChI=1S/C23H25N3O3/c1-16-10-19(13-25(2)23(16)28)22-24-20(21(27)11-18-8-9-29-15-18)14-26(22)12-17-6-4-3-5-7-17/h3-7,10,13-14,18H,8-9,11-12,15H2,1-2H3. The van der Waals surface area contributed by atoms with Gasteiger partial charge in [-0.15, -0.1) is 0 Å². The fourth-order valence-electron chi connectivity index (χ4n) is 3.79. The van der Waals surface area contributed by atoms with E-state index in [0.29, 0.717) is 36.7 Å². The van der Waals surface area contributed by atoms with Gasteiger partial charge >= 0.3 is 0 Å². The van der Waals surface area contributed by atoms with E-state index in [0.717, 1.165) is 24.2 Å². The van der Waals surface area contributed by atoms with Crippen molar-refractivity contribution >= 4 is 5.78 Å². The second kappa shape index (κ2) is 8.17. The predicted octanol–water partition coefficient (Wildman–Crippen LogP) is 3.21. The van der Waals surface area contributed by atoms with Gasteiger partial charge in [0.05, 0.1) is 0 Å². The number of nitrogens with zero attached hydrogens (tertiary/aromatic N) is 3. The zero-order chi connectivity index (χ0) is 20.4. The van der Waals surface area contributed by atoms with E-state index in [9.17, 15) is 9.59 Å². The molecule has 0 N–H and O–H groups in total. The van der Waals surface area contributed by atoms with Crippen molar-refractivity contribution in [2.24, 2.45) is 13.0 Å². The molecule has 3 aromatic rings. The molecule has 1 aliphatic rings. The van der Waals surface area contributed by atoms with Gasteiger partial charge in [-0.25, -0.2) is 4.98 Å². The predicted molar refractivity (Wildman–Crippen MR) is 111 cm³/mol. The first-order valence-electron chi connectivity index (χ1n) is 9.91. The van der Waals surface area contributed by atoms with E-state index in [1.165, 1.54) is 0 Å². The van der Waals surface area contributed by atoms with Gasteiger partial charge in [0, 0.05) is 56.7 Å². The lowest BCUT2D eigenvalue weighted by Crippen LogP contribution is -2.18. The lowest BCUT2D eigenvalue weighted by Gasteiger charge is -2.10. The molecule has 1 aliphatic heterocycles. The van der Waals surface area contributed by atoms with Crippen LogP contribution in [0.5, 0.6) is 0 Å². The van der Waals surface area contributed by atoms with Gasteiger partial charge in [-0.05, 0) is 30.9 Å². The van der Waals surface area contributed by atoms with Crippen molar-refractivity contribution < 1.29 is 9.53 Å². The molecule has 0 amide bonds. The topological polar surface area (TPSA) is 66.1 Å². The average Bonchev–Trinajstić information content (AvgIpc) is 3.36. The molecule has 2 aromatic heterocycles. The highest BCUT2D eigenvalue weighted by molar-refractivity contribution is 5.94. The summed E-state index contributed by atoms with van der Waals surface area (Å²) in [4.78, 5) is 29.6. The van der Waals surface area contributed by atoms with Gasteiger partial charge in [-0.2, -0.15) is 0 Å². The number of carbonyl (C=O) groups is 1. The van der Waals surface area contributed by atoms with Crippen molar-refractivity contribution in [3.8, 4) is 11.4 Å². The van der Waals surface area contributed by atoms with Crippen molar-refractivity contribution in [1.82, 2.24) is 14.1 Å². The highest BCUT2D eigenvalue weighted by Gasteiger charge is 2.23. The first-order valence-corrected chi connectivity index (χ1v) is 9.91. The quantitative estimate of drug-likeness (QED) is 0.605. The minimum Gasteiger partial charge on any atom is -0.381 e. The molecule has 3 heterocycles. The third kappa shape index (κ3) is 4.22. The summed E-state index contributed by atoms with van der Waals surface area (Å²) in [6, 6.07) is 11.9. The molecule has 0 bridgehead atoms. The van der Waals surface area contributed by atoms with Gasteiger partial charge in [0.1, 0.15) is 11.5 Å². The molecule has 6 heteroatoms. The molecule has 6 nitrogen and oxygen atoms in total. The number of rotatable bonds is 6. The molecule has 4 rings (SSSR count). The van der Waals surface area contributed by atoms with Crippen LogP contribution >= 0.6 is 0 Å². The summed E-state index contributed by atoms with van der Waals surface area (Å²) in [6.07, 6.45) is 4.98. The maximum absolute atomic E-state index is 12.9. The van der Waals surface area contributed by atoms with Crippen LogP contribution in [0.25, 0.3) is 11.4 Å². The number of pyridine rings is 1. The summed E-state index contributed by atoms with van der Waals surface area (Å²) in [5.74, 6) is 0.999. The Morgan fingerprint density at radius 1 is 1.24 bits per heavy atom. The molecule has 1 fully saturated rings. The lowest BCUT2D eigenvalue weighted by molar-refractivity contribution is 0.0948. The summed E-state index contributed by atoms with van der Waals surface area (Å²) >= 11 is 0. The van der Waals surface area contributed by atoms with Gasteiger partial charge in [-0.1, -0.05) is 30.3 Å². The van der Waals surface area contributed by atoms with Gasteiger partial charge < -0.3 is 13.9 Å². The number of aryl methyl sites for hydroxylation is 2. The Morgan fingerprint density at radius 3 is 2.72 bits per heavy atom. The maximum atomic E-state index is 12.9. The number of benzene rings is 1. The van der Waals surface area contributed by atoms with Crippen molar-refractivity contribution in [1.29, 1.82) is 0 Å². The number of Topliss-reactive ketones (excluding diaryl/α,β-unsaturated/α-hetero) is 1. The Labute approximate surface area is 169 Å². The van der Waals surface area contributed by atoms with E-state index in [4.69, 9.17) is 4.74 Å². The number of carbonyl (C=O) groups excluding carboxylic acids is 1. The minimum absolute atomic E-state index is 0.0348. The van der Waals surface area contributed by atoms with Crippen LogP contribution in [0.4, 0.5) is 0 Å². The molecular formula is C23H25N3O3. The van der Waals surface area contributed by atoms with Crippen molar-refractivity contribution in [2.45, 2.75) is 26.3 Å². The Hall–Kier alpha value is -2.99. The Balaban J connectivity index is 1.72. The maximum Gasteiger partial charge on any atom is 0.253 e. The van der Waals surface area contributed by atoms with Crippen LogP contribution in [-0.2, 0) is 18.3 Å². The van der Waals surface area contributed by atoms with Crippen LogP contribution in [-0.4, -0.2) is 33.1 Å². The minimum atomic E-state index is -0.0348. The highest BCUT2D eigenvalue weighted by Crippen LogP contribution is 2.23. The SMILES string of the molecule is Cc1cc(-c2nc(C(=O)CC3CCOC3)cn2Cc2ccccc2)cn(C)c1=O. The van der Waals surface area contributed by atoms with E-state index in [2.05, 4.69) is 4.98 Å². The van der Waals surface area contributed by atoms with E-state index in [-0.39, 0.29) is 17.3 Å².